The third-order valence-electron chi connectivity index (χ3n) is 7.02. The lowest BCUT2D eigenvalue weighted by Gasteiger charge is -2.46. The van der Waals surface area contributed by atoms with Gasteiger partial charge in [0.25, 0.3) is 0 Å². The first-order valence-electron chi connectivity index (χ1n) is 10.7. The zero-order valence-electron chi connectivity index (χ0n) is 16.9. The number of hydrogen-bond donors (Lipinski definition) is 3. The van der Waals surface area contributed by atoms with Crippen LogP contribution in [0.3, 0.4) is 0 Å². The van der Waals surface area contributed by atoms with Crippen LogP contribution >= 0.6 is 0 Å². The Bertz CT molecular complexity index is 1360. The third-order valence-corrected chi connectivity index (χ3v) is 7.02. The van der Waals surface area contributed by atoms with Crippen LogP contribution in [0.2, 0.25) is 0 Å². The van der Waals surface area contributed by atoms with Crippen LogP contribution in [-0.4, -0.2) is 41.7 Å². The van der Waals surface area contributed by atoms with Crippen LogP contribution in [0.1, 0.15) is 25.7 Å². The van der Waals surface area contributed by atoms with Crippen molar-refractivity contribution in [3.63, 3.8) is 0 Å². The normalized spacial score (nSPS) is 24.9. The molecule has 3 aliphatic carbocycles. The highest BCUT2D eigenvalue weighted by atomic mass is 19.1. The van der Waals surface area contributed by atoms with E-state index in [2.05, 4.69) is 25.4 Å². The van der Waals surface area contributed by atoms with Gasteiger partial charge in [0.1, 0.15) is 17.2 Å². The van der Waals surface area contributed by atoms with Gasteiger partial charge in [-0.05, 0) is 55.7 Å². The summed E-state index contributed by atoms with van der Waals surface area (Å²) in [5.41, 5.74) is 1.85. The summed E-state index contributed by atoms with van der Waals surface area (Å²) in [7, 11) is 0. The third kappa shape index (κ3) is 2.85. The Hall–Kier alpha value is -3.56. The average Bonchev–Trinajstić information content (AvgIpc) is 3.37. The molecule has 3 aliphatic rings. The molecule has 3 fully saturated rings. The van der Waals surface area contributed by atoms with Crippen molar-refractivity contribution < 1.29 is 18.7 Å². The fourth-order valence-electron chi connectivity index (χ4n) is 5.56. The van der Waals surface area contributed by atoms with E-state index in [1.807, 2.05) is 0 Å². The first-order valence-corrected chi connectivity index (χ1v) is 10.7. The van der Waals surface area contributed by atoms with Crippen molar-refractivity contribution >= 4 is 28.5 Å². The molecule has 8 nitrogen and oxygen atoms in total. The quantitative estimate of drug-likeness (QED) is 0.447. The molecule has 0 saturated heterocycles. The molecular weight excluding hydrogens is 418 g/mol. The number of aromatic amines is 1. The lowest BCUT2D eigenvalue weighted by Crippen LogP contribution is -2.51. The van der Waals surface area contributed by atoms with Gasteiger partial charge in [0.15, 0.2) is 0 Å². The number of nitrogens with zero attached hydrogens (tertiary/aromatic N) is 4. The van der Waals surface area contributed by atoms with Crippen molar-refractivity contribution in [3.05, 3.63) is 42.4 Å². The molecule has 2 atom stereocenters. The molecule has 0 amide bonds. The van der Waals surface area contributed by atoms with E-state index in [1.165, 1.54) is 12.1 Å². The lowest BCUT2D eigenvalue weighted by molar-refractivity contribution is -0.148. The Morgan fingerprint density at radius 1 is 1.19 bits per heavy atom. The number of nitrogens with one attached hydrogen (secondary N) is 2. The van der Waals surface area contributed by atoms with E-state index < -0.39 is 23.7 Å². The fraction of sp³-hybridized carbons (Fsp3) is 0.364. The van der Waals surface area contributed by atoms with E-state index in [1.54, 1.807) is 12.3 Å². The van der Waals surface area contributed by atoms with Gasteiger partial charge < -0.3 is 15.4 Å². The molecule has 32 heavy (non-hydrogen) atoms. The number of anilines is 1. The zero-order valence-corrected chi connectivity index (χ0v) is 16.9. The summed E-state index contributed by atoms with van der Waals surface area (Å²) in [5.74, 6) is -1.98. The predicted molar refractivity (Wildman–Crippen MR) is 112 cm³/mol. The maximum absolute atomic E-state index is 14.5. The average molecular weight is 438 g/mol. The Morgan fingerprint density at radius 3 is 2.75 bits per heavy atom. The second kappa shape index (κ2) is 6.98. The molecule has 1 unspecified atom stereocenters. The zero-order chi connectivity index (χ0) is 22.0. The Morgan fingerprint density at radius 2 is 1.97 bits per heavy atom. The van der Waals surface area contributed by atoms with E-state index in [9.17, 15) is 18.7 Å². The van der Waals surface area contributed by atoms with Crippen LogP contribution in [0.25, 0.3) is 27.8 Å². The summed E-state index contributed by atoms with van der Waals surface area (Å²) in [5, 5.41) is 17.9. The van der Waals surface area contributed by atoms with Crippen molar-refractivity contribution in [1.29, 1.82) is 0 Å². The SMILES string of the molecule is O=C(O)[C@H]1C2CCC(CC2)C1Nc1nc(-c2c[nH]c3ncc(F)cc23)c2ccc(F)n2n1. The number of carbonyl (C=O) groups is 1. The molecule has 4 aromatic rings. The molecule has 0 radical (unpaired) electrons. The molecule has 0 aromatic carbocycles. The Balaban J connectivity index is 1.48. The summed E-state index contributed by atoms with van der Waals surface area (Å²) in [6.07, 6.45) is 6.48. The Kier molecular flexibility index (Phi) is 4.17. The van der Waals surface area contributed by atoms with Crippen LogP contribution in [-0.2, 0) is 4.79 Å². The molecule has 3 saturated carbocycles. The van der Waals surface area contributed by atoms with Crippen LogP contribution in [0, 0.1) is 29.5 Å². The first kappa shape index (κ1) is 19.1. The highest BCUT2D eigenvalue weighted by molar-refractivity contribution is 5.96. The van der Waals surface area contributed by atoms with E-state index in [-0.39, 0.29) is 23.8 Å². The molecule has 3 N–H and O–H groups in total. The molecule has 4 heterocycles. The van der Waals surface area contributed by atoms with E-state index >= 15 is 0 Å². The monoisotopic (exact) mass is 438 g/mol. The van der Waals surface area contributed by atoms with Crippen molar-refractivity contribution in [2.75, 3.05) is 5.32 Å². The number of H-pyrrole nitrogens is 1. The number of rotatable bonds is 4. The van der Waals surface area contributed by atoms with Crippen molar-refractivity contribution in [2.45, 2.75) is 31.7 Å². The number of carboxylic acid groups (broad SMARTS) is 1. The minimum atomic E-state index is -0.830. The van der Waals surface area contributed by atoms with Gasteiger partial charge in [-0.1, -0.05) is 0 Å². The first-order chi connectivity index (χ1) is 15.5. The topological polar surface area (TPSA) is 108 Å². The summed E-state index contributed by atoms with van der Waals surface area (Å²) in [6, 6.07) is 3.86. The molecular formula is C22H20F2N6O2. The van der Waals surface area contributed by atoms with Crippen molar-refractivity contribution in [3.8, 4) is 11.3 Å². The maximum atomic E-state index is 14.5. The van der Waals surface area contributed by atoms with Gasteiger partial charge in [0, 0.05) is 23.2 Å². The number of halogens is 2. The molecule has 4 aromatic heterocycles. The molecule has 2 bridgehead atoms. The van der Waals surface area contributed by atoms with Gasteiger partial charge in [0.2, 0.25) is 11.9 Å². The highest BCUT2D eigenvalue weighted by Crippen LogP contribution is 2.46. The van der Waals surface area contributed by atoms with Crippen LogP contribution in [0.5, 0.6) is 0 Å². The second-order valence-electron chi connectivity index (χ2n) is 8.70. The summed E-state index contributed by atoms with van der Waals surface area (Å²) < 4.78 is 29.5. The van der Waals surface area contributed by atoms with Gasteiger partial charge in [0.05, 0.1) is 17.6 Å². The van der Waals surface area contributed by atoms with Gasteiger partial charge in [-0.15, -0.1) is 5.10 Å². The van der Waals surface area contributed by atoms with Gasteiger partial charge in [-0.25, -0.2) is 18.9 Å². The number of pyridine rings is 1. The van der Waals surface area contributed by atoms with E-state index in [0.29, 0.717) is 27.8 Å². The predicted octanol–water partition coefficient (Wildman–Crippen LogP) is 3.85. The number of aliphatic carboxylic acids is 1. The van der Waals surface area contributed by atoms with Crippen molar-refractivity contribution in [2.24, 2.45) is 17.8 Å². The smallest absolute Gasteiger partial charge is 0.308 e. The minimum absolute atomic E-state index is 0.115. The summed E-state index contributed by atoms with van der Waals surface area (Å²) in [6.45, 7) is 0. The molecule has 0 aliphatic heterocycles. The maximum Gasteiger partial charge on any atom is 0.308 e. The van der Waals surface area contributed by atoms with Crippen LogP contribution in [0.4, 0.5) is 14.7 Å². The second-order valence-corrected chi connectivity index (χ2v) is 8.70. The van der Waals surface area contributed by atoms with Crippen LogP contribution in [0.15, 0.2) is 30.6 Å². The van der Waals surface area contributed by atoms with Crippen LogP contribution < -0.4 is 5.32 Å². The Labute approximate surface area is 180 Å². The van der Waals surface area contributed by atoms with Gasteiger partial charge in [-0.3, -0.25) is 4.79 Å². The molecule has 0 spiro atoms. The van der Waals surface area contributed by atoms with Gasteiger partial charge in [-0.2, -0.15) is 4.39 Å². The summed E-state index contributed by atoms with van der Waals surface area (Å²) >= 11 is 0. The number of hydrogen-bond acceptors (Lipinski definition) is 5. The molecule has 10 heteroatoms. The summed E-state index contributed by atoms with van der Waals surface area (Å²) in [4.78, 5) is 23.7. The van der Waals surface area contributed by atoms with E-state index in [4.69, 9.17) is 0 Å². The van der Waals surface area contributed by atoms with Crippen molar-refractivity contribution in [1.82, 2.24) is 24.6 Å². The molecule has 164 valence electrons. The minimum Gasteiger partial charge on any atom is -0.481 e. The lowest BCUT2D eigenvalue weighted by atomic mass is 9.61. The fourth-order valence-corrected chi connectivity index (χ4v) is 5.56. The standard InChI is InChI=1S/C22H20F2N6O2/c23-12-7-13-14(9-26-20(13)25-8-12)19-15-5-6-16(24)30(15)29-22(28-19)27-18-11-3-1-10(2-4-11)17(18)21(31)32/h5-11,17-18H,1-4H2,(H,25,26)(H,27,29)(H,31,32)/t10?,11?,17-,18?/m0/s1. The van der Waals surface area contributed by atoms with E-state index in [0.717, 1.165) is 36.4 Å². The largest absolute Gasteiger partial charge is 0.481 e. The number of aromatic nitrogens is 5. The highest BCUT2D eigenvalue weighted by Gasteiger charge is 2.47. The van der Waals surface area contributed by atoms with Gasteiger partial charge >= 0.3 is 5.97 Å². The number of fused-ring (bicyclic) bond motifs is 5. The number of carboxylic acids is 1. The molecule has 7 rings (SSSR count).